The summed E-state index contributed by atoms with van der Waals surface area (Å²) in [6.45, 7) is 8.46. The summed E-state index contributed by atoms with van der Waals surface area (Å²) in [5, 5.41) is 3.69. The van der Waals surface area contributed by atoms with Crippen LogP contribution in [0.15, 0.2) is 0 Å². The van der Waals surface area contributed by atoms with Crippen LogP contribution in [0.2, 0.25) is 0 Å². The van der Waals surface area contributed by atoms with E-state index in [0.717, 1.165) is 0 Å². The lowest BCUT2D eigenvalue weighted by atomic mass is 9.91. The number of nitrogens with one attached hydrogen (secondary N) is 1. The molecule has 2 heteroatoms. The maximum atomic E-state index is 3.69. The fraction of sp³-hybridized carbons (Fsp3) is 1.00. The minimum Gasteiger partial charge on any atom is -0.311 e. The van der Waals surface area contributed by atoms with Crippen LogP contribution in [0, 0.1) is 0 Å². The van der Waals surface area contributed by atoms with Crippen molar-refractivity contribution in [2.75, 3.05) is 19.6 Å². The third-order valence-electron chi connectivity index (χ3n) is 4.51. The number of rotatable bonds is 4. The van der Waals surface area contributed by atoms with Gasteiger partial charge in [-0.25, -0.2) is 0 Å². The van der Waals surface area contributed by atoms with Crippen molar-refractivity contribution >= 4 is 0 Å². The molecule has 0 aromatic carbocycles. The molecule has 1 atom stereocenters. The van der Waals surface area contributed by atoms with Crippen LogP contribution in [-0.4, -0.2) is 36.1 Å². The van der Waals surface area contributed by atoms with Gasteiger partial charge in [0, 0.05) is 24.7 Å². The van der Waals surface area contributed by atoms with E-state index in [2.05, 4.69) is 24.1 Å². The molecule has 2 rings (SSSR count). The zero-order valence-electron chi connectivity index (χ0n) is 11.1. The highest BCUT2D eigenvalue weighted by Crippen LogP contribution is 2.36. The van der Waals surface area contributed by atoms with E-state index in [9.17, 15) is 0 Å². The quantitative estimate of drug-likeness (QED) is 0.739. The molecule has 0 amide bonds. The third kappa shape index (κ3) is 2.60. The molecular formula is C14H28N2. The second kappa shape index (κ2) is 5.50. The summed E-state index contributed by atoms with van der Waals surface area (Å²) in [5.74, 6) is 0. The Hall–Kier alpha value is -0.0800. The molecule has 2 nitrogen and oxygen atoms in total. The van der Waals surface area contributed by atoms with Crippen LogP contribution >= 0.6 is 0 Å². The number of hydrogen-bond acceptors (Lipinski definition) is 2. The SMILES string of the molecule is CCCCCN1CC(C)NCC12CCCC2. The minimum atomic E-state index is 0.542. The average Bonchev–Trinajstić information content (AvgIpc) is 2.74. The van der Waals surface area contributed by atoms with E-state index in [1.54, 1.807) is 0 Å². The van der Waals surface area contributed by atoms with E-state index in [1.165, 1.54) is 64.6 Å². The van der Waals surface area contributed by atoms with E-state index in [-0.39, 0.29) is 0 Å². The van der Waals surface area contributed by atoms with Gasteiger partial charge >= 0.3 is 0 Å². The monoisotopic (exact) mass is 224 g/mol. The van der Waals surface area contributed by atoms with E-state index in [0.29, 0.717) is 11.6 Å². The fourth-order valence-electron chi connectivity index (χ4n) is 3.47. The lowest BCUT2D eigenvalue weighted by Gasteiger charge is -2.48. The lowest BCUT2D eigenvalue weighted by Crippen LogP contribution is -2.62. The smallest absolute Gasteiger partial charge is 0.0334 e. The Morgan fingerprint density at radius 3 is 2.69 bits per heavy atom. The first-order valence-electron chi connectivity index (χ1n) is 7.25. The molecule has 1 saturated carbocycles. The maximum absolute atomic E-state index is 3.69. The largest absolute Gasteiger partial charge is 0.311 e. The van der Waals surface area contributed by atoms with Crippen molar-refractivity contribution in [2.45, 2.75) is 70.4 Å². The molecule has 0 aromatic rings. The van der Waals surface area contributed by atoms with Crippen LogP contribution in [0.25, 0.3) is 0 Å². The van der Waals surface area contributed by atoms with E-state index in [4.69, 9.17) is 0 Å². The summed E-state index contributed by atoms with van der Waals surface area (Å²) in [5.41, 5.74) is 0.542. The van der Waals surface area contributed by atoms with E-state index in [1.807, 2.05) is 0 Å². The first-order chi connectivity index (χ1) is 7.77. The van der Waals surface area contributed by atoms with E-state index < -0.39 is 0 Å². The van der Waals surface area contributed by atoms with Gasteiger partial charge in [0.25, 0.3) is 0 Å². The van der Waals surface area contributed by atoms with Crippen LogP contribution in [-0.2, 0) is 0 Å². The van der Waals surface area contributed by atoms with Crippen LogP contribution in [0.5, 0.6) is 0 Å². The molecule has 1 heterocycles. The molecule has 1 spiro atoms. The highest BCUT2D eigenvalue weighted by molar-refractivity contribution is 5.00. The molecule has 0 aromatic heterocycles. The summed E-state index contributed by atoms with van der Waals surface area (Å²) in [6.07, 6.45) is 9.88. The number of piperazine rings is 1. The van der Waals surface area contributed by atoms with Crippen molar-refractivity contribution in [1.29, 1.82) is 0 Å². The van der Waals surface area contributed by atoms with Crippen molar-refractivity contribution in [3.05, 3.63) is 0 Å². The summed E-state index contributed by atoms with van der Waals surface area (Å²) in [6, 6.07) is 0.688. The van der Waals surface area contributed by atoms with Crippen LogP contribution in [0.4, 0.5) is 0 Å². The fourth-order valence-corrected chi connectivity index (χ4v) is 3.47. The van der Waals surface area contributed by atoms with Crippen LogP contribution in [0.3, 0.4) is 0 Å². The van der Waals surface area contributed by atoms with Gasteiger partial charge in [0.15, 0.2) is 0 Å². The van der Waals surface area contributed by atoms with Crippen molar-refractivity contribution in [1.82, 2.24) is 10.2 Å². The Kier molecular flexibility index (Phi) is 4.26. The molecule has 1 aliphatic carbocycles. The molecule has 2 aliphatic rings. The van der Waals surface area contributed by atoms with Crippen LogP contribution < -0.4 is 5.32 Å². The van der Waals surface area contributed by atoms with Gasteiger partial charge in [-0.15, -0.1) is 0 Å². The lowest BCUT2D eigenvalue weighted by molar-refractivity contribution is 0.0451. The molecule has 94 valence electrons. The first-order valence-corrected chi connectivity index (χ1v) is 7.25. The summed E-state index contributed by atoms with van der Waals surface area (Å²) in [4.78, 5) is 2.82. The molecule has 1 saturated heterocycles. The average molecular weight is 224 g/mol. The Morgan fingerprint density at radius 1 is 1.25 bits per heavy atom. The zero-order chi connectivity index (χ0) is 11.4. The van der Waals surface area contributed by atoms with E-state index >= 15 is 0 Å². The molecular weight excluding hydrogens is 196 g/mol. The third-order valence-corrected chi connectivity index (χ3v) is 4.51. The predicted octanol–water partition coefficient (Wildman–Crippen LogP) is 2.78. The Labute approximate surface area is 101 Å². The Balaban J connectivity index is 1.92. The first kappa shape index (κ1) is 12.4. The Bertz CT molecular complexity index is 209. The molecule has 1 unspecified atom stereocenters. The van der Waals surface area contributed by atoms with Gasteiger partial charge in [-0.1, -0.05) is 32.6 Å². The van der Waals surface area contributed by atoms with Gasteiger partial charge in [0.05, 0.1) is 0 Å². The van der Waals surface area contributed by atoms with Crippen molar-refractivity contribution < 1.29 is 0 Å². The molecule has 1 N–H and O–H groups in total. The highest BCUT2D eigenvalue weighted by Gasteiger charge is 2.42. The summed E-state index contributed by atoms with van der Waals surface area (Å²) in [7, 11) is 0. The van der Waals surface area contributed by atoms with Gasteiger partial charge < -0.3 is 5.32 Å². The molecule has 2 fully saturated rings. The zero-order valence-corrected chi connectivity index (χ0v) is 11.1. The van der Waals surface area contributed by atoms with Gasteiger partial charge in [-0.2, -0.15) is 0 Å². The maximum Gasteiger partial charge on any atom is 0.0334 e. The molecule has 0 bridgehead atoms. The molecule has 1 aliphatic heterocycles. The minimum absolute atomic E-state index is 0.542. The highest BCUT2D eigenvalue weighted by atomic mass is 15.3. The summed E-state index contributed by atoms with van der Waals surface area (Å²) < 4.78 is 0. The Morgan fingerprint density at radius 2 is 2.00 bits per heavy atom. The van der Waals surface area contributed by atoms with Gasteiger partial charge in [-0.3, -0.25) is 4.90 Å². The van der Waals surface area contributed by atoms with Crippen LogP contribution in [0.1, 0.15) is 58.8 Å². The molecule has 16 heavy (non-hydrogen) atoms. The van der Waals surface area contributed by atoms with Crippen molar-refractivity contribution in [2.24, 2.45) is 0 Å². The van der Waals surface area contributed by atoms with Crippen molar-refractivity contribution in [3.8, 4) is 0 Å². The summed E-state index contributed by atoms with van der Waals surface area (Å²) >= 11 is 0. The van der Waals surface area contributed by atoms with Crippen molar-refractivity contribution in [3.63, 3.8) is 0 Å². The van der Waals surface area contributed by atoms with Gasteiger partial charge in [0.2, 0.25) is 0 Å². The second-order valence-electron chi connectivity index (χ2n) is 5.87. The van der Waals surface area contributed by atoms with Gasteiger partial charge in [0.1, 0.15) is 0 Å². The second-order valence-corrected chi connectivity index (χ2v) is 5.87. The predicted molar refractivity (Wildman–Crippen MR) is 69.8 cm³/mol. The van der Waals surface area contributed by atoms with Gasteiger partial charge in [-0.05, 0) is 32.7 Å². The molecule has 0 radical (unpaired) electrons. The number of nitrogens with zero attached hydrogens (tertiary/aromatic N) is 1. The normalized spacial score (nSPS) is 30.0. The number of unbranched alkanes of at least 4 members (excludes halogenated alkanes) is 2. The number of hydrogen-bond donors (Lipinski definition) is 1. The standard InChI is InChI=1S/C14H28N2/c1-3-4-7-10-16-11-13(2)15-12-14(16)8-5-6-9-14/h13,15H,3-12H2,1-2H3. The topological polar surface area (TPSA) is 15.3 Å².